The molecule has 5 nitrogen and oxygen atoms in total. The van der Waals surface area contributed by atoms with Crippen molar-refractivity contribution in [3.05, 3.63) is 11.3 Å². The van der Waals surface area contributed by atoms with Crippen molar-refractivity contribution in [1.82, 2.24) is 9.78 Å². The maximum atomic E-state index is 10.6. The molecule has 0 bridgehead atoms. The van der Waals surface area contributed by atoms with E-state index < -0.39 is 6.10 Å². The van der Waals surface area contributed by atoms with Crippen LogP contribution in [0.25, 0.3) is 0 Å². The van der Waals surface area contributed by atoms with Crippen LogP contribution in [0.5, 0.6) is 5.88 Å². The van der Waals surface area contributed by atoms with Gasteiger partial charge in [0.05, 0.1) is 24.5 Å². The largest absolute Gasteiger partial charge is 0.481 e. The van der Waals surface area contributed by atoms with E-state index in [0.29, 0.717) is 12.4 Å². The molecule has 0 radical (unpaired) electrons. The summed E-state index contributed by atoms with van der Waals surface area (Å²) in [7, 11) is 3.42. The minimum absolute atomic E-state index is 0.179. The lowest BCUT2D eigenvalue weighted by molar-refractivity contribution is -0.0312. The third-order valence-corrected chi connectivity index (χ3v) is 4.02. The molecule has 17 heavy (non-hydrogen) atoms. The first-order chi connectivity index (χ1) is 8.05. The van der Waals surface area contributed by atoms with E-state index in [-0.39, 0.29) is 5.41 Å². The van der Waals surface area contributed by atoms with Gasteiger partial charge in [0.25, 0.3) is 0 Å². The molecule has 0 amide bonds. The second-order valence-electron chi connectivity index (χ2n) is 4.95. The van der Waals surface area contributed by atoms with Crippen molar-refractivity contribution in [2.24, 2.45) is 18.2 Å². The Hall–Kier alpha value is -1.07. The first-order valence-electron chi connectivity index (χ1n) is 6.01. The molecule has 3 N–H and O–H groups in total. The van der Waals surface area contributed by atoms with E-state index in [4.69, 9.17) is 10.5 Å². The zero-order chi connectivity index (χ0) is 12.6. The van der Waals surface area contributed by atoms with Crippen molar-refractivity contribution in [3.8, 4) is 5.88 Å². The highest BCUT2D eigenvalue weighted by atomic mass is 16.5. The second kappa shape index (κ2) is 4.31. The van der Waals surface area contributed by atoms with Gasteiger partial charge in [0.2, 0.25) is 5.88 Å². The van der Waals surface area contributed by atoms with Gasteiger partial charge in [0.1, 0.15) is 0 Å². The van der Waals surface area contributed by atoms with Crippen molar-refractivity contribution in [3.63, 3.8) is 0 Å². The number of nitrogens with zero attached hydrogens (tertiary/aromatic N) is 2. The molecule has 1 aromatic rings. The highest BCUT2D eigenvalue weighted by Gasteiger charge is 2.45. The molecule has 1 fully saturated rings. The van der Waals surface area contributed by atoms with Crippen molar-refractivity contribution in [1.29, 1.82) is 0 Å². The molecule has 0 saturated heterocycles. The van der Waals surface area contributed by atoms with E-state index in [1.807, 2.05) is 14.0 Å². The van der Waals surface area contributed by atoms with Crippen LogP contribution >= 0.6 is 0 Å². The van der Waals surface area contributed by atoms with E-state index >= 15 is 0 Å². The number of hydrogen-bond donors (Lipinski definition) is 2. The number of aryl methyl sites for hydroxylation is 2. The van der Waals surface area contributed by atoms with Gasteiger partial charge in [-0.15, -0.1) is 0 Å². The summed E-state index contributed by atoms with van der Waals surface area (Å²) < 4.78 is 6.99. The van der Waals surface area contributed by atoms with Crippen LogP contribution < -0.4 is 10.5 Å². The van der Waals surface area contributed by atoms with Crippen LogP contribution in [0.3, 0.4) is 0 Å². The van der Waals surface area contributed by atoms with Crippen LogP contribution in [0.15, 0.2) is 0 Å². The summed E-state index contributed by atoms with van der Waals surface area (Å²) in [5.41, 5.74) is 7.26. The molecular formula is C12H21N3O2. The third kappa shape index (κ3) is 1.73. The maximum absolute atomic E-state index is 10.6. The Morgan fingerprint density at radius 3 is 2.65 bits per heavy atom. The van der Waals surface area contributed by atoms with Gasteiger partial charge in [-0.05, 0) is 19.8 Å². The molecule has 0 aliphatic heterocycles. The molecule has 0 aromatic carbocycles. The molecule has 2 rings (SSSR count). The molecule has 1 aromatic heterocycles. The lowest BCUT2D eigenvalue weighted by Gasteiger charge is -2.44. The first-order valence-corrected chi connectivity index (χ1v) is 6.01. The Labute approximate surface area is 102 Å². The highest BCUT2D eigenvalue weighted by molar-refractivity contribution is 5.35. The predicted molar refractivity (Wildman–Crippen MR) is 64.8 cm³/mol. The topological polar surface area (TPSA) is 73.3 Å². The van der Waals surface area contributed by atoms with Gasteiger partial charge in [-0.2, -0.15) is 5.10 Å². The van der Waals surface area contributed by atoms with Crippen molar-refractivity contribution < 1.29 is 9.84 Å². The Bertz CT molecular complexity index is 405. The van der Waals surface area contributed by atoms with Gasteiger partial charge in [0, 0.05) is 19.0 Å². The van der Waals surface area contributed by atoms with E-state index in [2.05, 4.69) is 5.10 Å². The zero-order valence-electron chi connectivity index (χ0n) is 10.7. The van der Waals surface area contributed by atoms with Crippen LogP contribution in [0, 0.1) is 12.3 Å². The number of methoxy groups -OCH3 is 1. The number of rotatable bonds is 4. The Morgan fingerprint density at radius 2 is 2.24 bits per heavy atom. The fourth-order valence-electron chi connectivity index (χ4n) is 2.74. The molecular weight excluding hydrogens is 218 g/mol. The van der Waals surface area contributed by atoms with Crippen molar-refractivity contribution in [2.45, 2.75) is 32.3 Å². The number of aliphatic hydroxyl groups is 1. The van der Waals surface area contributed by atoms with Gasteiger partial charge in [-0.3, -0.25) is 0 Å². The quantitative estimate of drug-likeness (QED) is 0.818. The molecule has 1 unspecified atom stereocenters. The van der Waals surface area contributed by atoms with Gasteiger partial charge in [0.15, 0.2) is 0 Å². The Morgan fingerprint density at radius 1 is 1.59 bits per heavy atom. The van der Waals surface area contributed by atoms with E-state index in [9.17, 15) is 5.11 Å². The molecule has 1 aliphatic rings. The number of aliphatic hydroxyl groups excluding tert-OH is 1. The fraction of sp³-hybridized carbons (Fsp3) is 0.750. The summed E-state index contributed by atoms with van der Waals surface area (Å²) in [6.07, 6.45) is 2.50. The smallest absolute Gasteiger partial charge is 0.217 e. The summed E-state index contributed by atoms with van der Waals surface area (Å²) in [6.45, 7) is 2.40. The van der Waals surface area contributed by atoms with Gasteiger partial charge in [-0.25, -0.2) is 4.68 Å². The normalized spacial score (nSPS) is 19.8. The molecule has 1 atom stereocenters. The average molecular weight is 239 g/mol. The zero-order valence-corrected chi connectivity index (χ0v) is 10.7. The van der Waals surface area contributed by atoms with Crippen LogP contribution in [0.4, 0.5) is 0 Å². The number of aromatic nitrogens is 2. The summed E-state index contributed by atoms with van der Waals surface area (Å²) in [5.74, 6) is 0.634. The average Bonchev–Trinajstić information content (AvgIpc) is 2.51. The van der Waals surface area contributed by atoms with Gasteiger partial charge >= 0.3 is 0 Å². The van der Waals surface area contributed by atoms with E-state index in [1.54, 1.807) is 11.8 Å². The van der Waals surface area contributed by atoms with E-state index in [0.717, 1.165) is 30.5 Å². The molecule has 96 valence electrons. The number of hydrogen-bond acceptors (Lipinski definition) is 4. The molecule has 5 heteroatoms. The van der Waals surface area contributed by atoms with Crippen LogP contribution in [0.2, 0.25) is 0 Å². The summed E-state index contributed by atoms with van der Waals surface area (Å²) >= 11 is 0. The number of nitrogens with two attached hydrogens (primary N) is 1. The van der Waals surface area contributed by atoms with Gasteiger partial charge in [-0.1, -0.05) is 6.42 Å². The Kier molecular flexibility index (Phi) is 3.14. The predicted octanol–water partition coefficient (Wildman–Crippen LogP) is 0.900. The molecule has 1 saturated carbocycles. The number of ether oxygens (including phenoxy) is 1. The monoisotopic (exact) mass is 239 g/mol. The summed E-state index contributed by atoms with van der Waals surface area (Å²) in [6, 6.07) is 0. The second-order valence-corrected chi connectivity index (χ2v) is 4.95. The van der Waals surface area contributed by atoms with Crippen LogP contribution in [-0.2, 0) is 7.05 Å². The fourth-order valence-corrected chi connectivity index (χ4v) is 2.74. The minimum Gasteiger partial charge on any atom is -0.481 e. The van der Waals surface area contributed by atoms with Crippen LogP contribution in [-0.4, -0.2) is 28.5 Å². The lowest BCUT2D eigenvalue weighted by Crippen LogP contribution is -2.42. The van der Waals surface area contributed by atoms with Crippen molar-refractivity contribution >= 4 is 0 Å². The van der Waals surface area contributed by atoms with Crippen LogP contribution in [0.1, 0.15) is 36.6 Å². The third-order valence-electron chi connectivity index (χ3n) is 4.02. The highest BCUT2D eigenvalue weighted by Crippen LogP contribution is 2.51. The molecule has 1 aliphatic carbocycles. The summed E-state index contributed by atoms with van der Waals surface area (Å²) in [4.78, 5) is 0. The van der Waals surface area contributed by atoms with Gasteiger partial charge < -0.3 is 15.6 Å². The molecule has 0 spiro atoms. The van der Waals surface area contributed by atoms with Crippen molar-refractivity contribution in [2.75, 3.05) is 13.7 Å². The minimum atomic E-state index is -0.579. The summed E-state index contributed by atoms with van der Waals surface area (Å²) in [5, 5.41) is 14.9. The first kappa shape index (κ1) is 12.4. The maximum Gasteiger partial charge on any atom is 0.217 e. The lowest BCUT2D eigenvalue weighted by atomic mass is 9.63. The van der Waals surface area contributed by atoms with E-state index in [1.165, 1.54) is 0 Å². The standard InChI is InChI=1S/C12H21N3O2/c1-8-9(11(17-3)15(2)14-8)10(16)12(7-13)5-4-6-12/h10,16H,4-7,13H2,1-3H3. The Balaban J connectivity index is 2.39. The molecule has 1 heterocycles. The SMILES string of the molecule is COc1c(C(O)C2(CN)CCC2)c(C)nn1C.